The van der Waals surface area contributed by atoms with Crippen molar-refractivity contribution in [1.82, 2.24) is 5.32 Å². The molecule has 19 heavy (non-hydrogen) atoms. The third-order valence-electron chi connectivity index (χ3n) is 3.04. The van der Waals surface area contributed by atoms with Crippen molar-refractivity contribution in [3.63, 3.8) is 0 Å². The second-order valence-corrected chi connectivity index (χ2v) is 5.47. The van der Waals surface area contributed by atoms with Crippen LogP contribution in [0.25, 0.3) is 0 Å². The molecule has 5 heteroatoms. The van der Waals surface area contributed by atoms with Gasteiger partial charge in [0.2, 0.25) is 0 Å². The maximum atomic E-state index is 12.4. The summed E-state index contributed by atoms with van der Waals surface area (Å²) in [6.45, 7) is 4.64. The zero-order valence-corrected chi connectivity index (χ0v) is 12.7. The molecule has 1 N–H and O–H groups in total. The summed E-state index contributed by atoms with van der Waals surface area (Å²) in [7, 11) is 0. The van der Waals surface area contributed by atoms with Crippen molar-refractivity contribution in [2.24, 2.45) is 0 Å². The molecule has 1 aromatic rings. The van der Waals surface area contributed by atoms with E-state index in [-0.39, 0.29) is 12.5 Å². The van der Waals surface area contributed by atoms with Crippen LogP contribution in [0.4, 0.5) is 13.2 Å². The summed E-state index contributed by atoms with van der Waals surface area (Å²) >= 11 is 3.42. The van der Waals surface area contributed by atoms with Gasteiger partial charge in [0.25, 0.3) is 0 Å². The molecule has 1 nitrogen and oxygen atoms in total. The lowest BCUT2D eigenvalue weighted by Crippen LogP contribution is -2.24. The summed E-state index contributed by atoms with van der Waals surface area (Å²) < 4.78 is 38.1. The number of hydrogen-bond donors (Lipinski definition) is 1. The third-order valence-corrected chi connectivity index (χ3v) is 3.90. The van der Waals surface area contributed by atoms with Gasteiger partial charge in [-0.15, -0.1) is 0 Å². The Bertz CT molecular complexity index is 404. The predicted octanol–water partition coefficient (Wildman–Crippen LogP) is 5.14. The van der Waals surface area contributed by atoms with Gasteiger partial charge in [0, 0.05) is 16.9 Å². The molecule has 0 amide bonds. The Balaban J connectivity index is 2.86. The van der Waals surface area contributed by atoms with E-state index in [2.05, 4.69) is 21.2 Å². The topological polar surface area (TPSA) is 12.0 Å². The Hall–Kier alpha value is -0.550. The Morgan fingerprint density at radius 1 is 1.32 bits per heavy atom. The fourth-order valence-corrected chi connectivity index (χ4v) is 2.38. The van der Waals surface area contributed by atoms with Crippen LogP contribution in [0.3, 0.4) is 0 Å². The SMILES string of the molecule is CCCNC(CCC(F)(F)F)c1cccc(Br)c1C. The van der Waals surface area contributed by atoms with E-state index in [1.165, 1.54) is 0 Å². The van der Waals surface area contributed by atoms with Crippen molar-refractivity contribution in [2.75, 3.05) is 6.54 Å². The average Bonchev–Trinajstić information content (AvgIpc) is 2.32. The Labute approximate surface area is 120 Å². The van der Waals surface area contributed by atoms with E-state index in [4.69, 9.17) is 0 Å². The highest BCUT2D eigenvalue weighted by Gasteiger charge is 2.29. The number of rotatable bonds is 6. The summed E-state index contributed by atoms with van der Waals surface area (Å²) in [5, 5.41) is 3.21. The molecule has 0 radical (unpaired) electrons. The van der Waals surface area contributed by atoms with Crippen LogP contribution in [-0.4, -0.2) is 12.7 Å². The van der Waals surface area contributed by atoms with Crippen molar-refractivity contribution in [1.29, 1.82) is 0 Å². The lowest BCUT2D eigenvalue weighted by Gasteiger charge is -2.22. The highest BCUT2D eigenvalue weighted by atomic mass is 79.9. The van der Waals surface area contributed by atoms with Gasteiger partial charge in [-0.05, 0) is 43.5 Å². The number of halogens is 4. The van der Waals surface area contributed by atoms with Crippen molar-refractivity contribution in [2.45, 2.75) is 45.3 Å². The smallest absolute Gasteiger partial charge is 0.310 e. The molecule has 0 aliphatic carbocycles. The van der Waals surface area contributed by atoms with E-state index in [0.717, 1.165) is 22.0 Å². The predicted molar refractivity (Wildman–Crippen MR) is 75.2 cm³/mol. The zero-order chi connectivity index (χ0) is 14.5. The normalized spacial score (nSPS) is 13.6. The molecule has 0 aliphatic heterocycles. The van der Waals surface area contributed by atoms with Gasteiger partial charge >= 0.3 is 6.18 Å². The van der Waals surface area contributed by atoms with Crippen LogP contribution in [0, 0.1) is 6.92 Å². The van der Waals surface area contributed by atoms with E-state index in [1.807, 2.05) is 32.0 Å². The monoisotopic (exact) mass is 337 g/mol. The summed E-state index contributed by atoms with van der Waals surface area (Å²) in [4.78, 5) is 0. The van der Waals surface area contributed by atoms with Crippen LogP contribution < -0.4 is 5.32 Å². The minimum atomic E-state index is -4.11. The summed E-state index contributed by atoms with van der Waals surface area (Å²) in [6.07, 6.45) is -3.90. The van der Waals surface area contributed by atoms with Gasteiger partial charge in [-0.25, -0.2) is 0 Å². The lowest BCUT2D eigenvalue weighted by atomic mass is 9.97. The Morgan fingerprint density at radius 2 is 2.00 bits per heavy atom. The minimum Gasteiger partial charge on any atom is -0.310 e. The number of hydrogen-bond acceptors (Lipinski definition) is 1. The average molecular weight is 338 g/mol. The molecule has 0 saturated heterocycles. The quantitative estimate of drug-likeness (QED) is 0.757. The highest BCUT2D eigenvalue weighted by Crippen LogP contribution is 2.31. The van der Waals surface area contributed by atoms with Gasteiger partial charge < -0.3 is 5.32 Å². The van der Waals surface area contributed by atoms with E-state index in [9.17, 15) is 13.2 Å². The van der Waals surface area contributed by atoms with E-state index in [0.29, 0.717) is 6.54 Å². The van der Waals surface area contributed by atoms with Crippen molar-refractivity contribution in [3.05, 3.63) is 33.8 Å². The third kappa shape index (κ3) is 5.53. The van der Waals surface area contributed by atoms with Crippen LogP contribution in [-0.2, 0) is 0 Å². The Morgan fingerprint density at radius 3 is 2.58 bits per heavy atom. The first kappa shape index (κ1) is 16.5. The van der Waals surface area contributed by atoms with Gasteiger partial charge in [-0.2, -0.15) is 13.2 Å². The van der Waals surface area contributed by atoms with Crippen molar-refractivity contribution >= 4 is 15.9 Å². The van der Waals surface area contributed by atoms with Gasteiger partial charge in [-0.3, -0.25) is 0 Å². The number of nitrogens with one attached hydrogen (secondary N) is 1. The first-order valence-electron chi connectivity index (χ1n) is 6.40. The molecule has 1 unspecified atom stereocenters. The zero-order valence-electron chi connectivity index (χ0n) is 11.1. The fourth-order valence-electron chi connectivity index (χ4n) is 2.00. The Kier molecular flexibility index (Phi) is 6.33. The highest BCUT2D eigenvalue weighted by molar-refractivity contribution is 9.10. The molecule has 0 aromatic heterocycles. The summed E-state index contributed by atoms with van der Waals surface area (Å²) in [6, 6.07) is 5.41. The molecule has 0 heterocycles. The maximum Gasteiger partial charge on any atom is 0.389 e. The van der Waals surface area contributed by atoms with E-state index >= 15 is 0 Å². The first-order chi connectivity index (χ1) is 8.85. The largest absolute Gasteiger partial charge is 0.389 e. The molecule has 0 fully saturated rings. The van der Waals surface area contributed by atoms with Gasteiger partial charge in [0.05, 0.1) is 0 Å². The minimum absolute atomic E-state index is 0.0702. The van der Waals surface area contributed by atoms with Crippen molar-refractivity contribution < 1.29 is 13.2 Å². The molecule has 1 aromatic carbocycles. The molecule has 0 spiro atoms. The molecular formula is C14H19BrF3N. The van der Waals surface area contributed by atoms with E-state index < -0.39 is 12.6 Å². The number of benzene rings is 1. The molecule has 0 aliphatic rings. The van der Waals surface area contributed by atoms with Crippen LogP contribution in [0.5, 0.6) is 0 Å². The fraction of sp³-hybridized carbons (Fsp3) is 0.571. The molecule has 1 rings (SSSR count). The van der Waals surface area contributed by atoms with Crippen LogP contribution >= 0.6 is 15.9 Å². The second kappa shape index (κ2) is 7.29. The number of alkyl halides is 3. The van der Waals surface area contributed by atoms with Crippen molar-refractivity contribution in [3.8, 4) is 0 Å². The lowest BCUT2D eigenvalue weighted by molar-refractivity contribution is -0.136. The molecule has 108 valence electrons. The molecule has 0 saturated carbocycles. The van der Waals surface area contributed by atoms with Crippen LogP contribution in [0.2, 0.25) is 0 Å². The maximum absolute atomic E-state index is 12.4. The molecular weight excluding hydrogens is 319 g/mol. The second-order valence-electron chi connectivity index (χ2n) is 4.61. The van der Waals surface area contributed by atoms with Gasteiger partial charge in [0.15, 0.2) is 0 Å². The van der Waals surface area contributed by atoms with Crippen LogP contribution in [0.1, 0.15) is 43.4 Å². The molecule has 1 atom stereocenters. The summed E-state index contributed by atoms with van der Waals surface area (Å²) in [5.41, 5.74) is 1.94. The van der Waals surface area contributed by atoms with E-state index in [1.54, 1.807) is 0 Å². The van der Waals surface area contributed by atoms with Gasteiger partial charge in [-0.1, -0.05) is 35.0 Å². The standard InChI is InChI=1S/C14H19BrF3N/c1-3-9-19-13(7-8-14(16,17)18)11-5-4-6-12(15)10(11)2/h4-6,13,19H,3,7-9H2,1-2H3. The van der Waals surface area contributed by atoms with Gasteiger partial charge in [0.1, 0.15) is 0 Å². The molecule has 0 bridgehead atoms. The summed E-state index contributed by atoms with van der Waals surface area (Å²) in [5.74, 6) is 0. The first-order valence-corrected chi connectivity index (χ1v) is 7.19. The van der Waals surface area contributed by atoms with Crippen LogP contribution in [0.15, 0.2) is 22.7 Å².